The summed E-state index contributed by atoms with van der Waals surface area (Å²) in [6.07, 6.45) is 1.57. The summed E-state index contributed by atoms with van der Waals surface area (Å²) in [4.78, 5) is 12.4. The highest BCUT2D eigenvalue weighted by Crippen LogP contribution is 2.39. The number of piperidine rings is 1. The molecule has 0 aliphatic carbocycles. The molecule has 2 rings (SSSR count). The van der Waals surface area contributed by atoms with Crippen molar-refractivity contribution in [2.45, 2.75) is 12.8 Å². The van der Waals surface area contributed by atoms with Crippen molar-refractivity contribution in [3.63, 3.8) is 0 Å². The standard InChI is InChI=1S/C12H11Cl4NO/c13-7-5-8(14)10(15)11(16)9(7)12(18)6-1-3-17-4-2-6/h5-6,17H,1-4H2. The van der Waals surface area contributed by atoms with Gasteiger partial charge >= 0.3 is 0 Å². The van der Waals surface area contributed by atoms with Crippen molar-refractivity contribution in [2.75, 3.05) is 13.1 Å². The quantitative estimate of drug-likeness (QED) is 0.493. The van der Waals surface area contributed by atoms with Gasteiger partial charge < -0.3 is 5.32 Å². The van der Waals surface area contributed by atoms with Crippen molar-refractivity contribution in [1.29, 1.82) is 0 Å². The molecule has 1 aromatic rings. The van der Waals surface area contributed by atoms with Gasteiger partial charge in [-0.1, -0.05) is 46.4 Å². The van der Waals surface area contributed by atoms with E-state index in [0.717, 1.165) is 25.9 Å². The van der Waals surface area contributed by atoms with Crippen molar-refractivity contribution in [2.24, 2.45) is 5.92 Å². The molecule has 1 saturated heterocycles. The Bertz CT molecular complexity index is 483. The van der Waals surface area contributed by atoms with Crippen molar-refractivity contribution in [1.82, 2.24) is 5.32 Å². The van der Waals surface area contributed by atoms with Crippen molar-refractivity contribution in [3.8, 4) is 0 Å². The lowest BCUT2D eigenvalue weighted by Crippen LogP contribution is -2.32. The zero-order valence-corrected chi connectivity index (χ0v) is 12.4. The van der Waals surface area contributed by atoms with E-state index < -0.39 is 0 Å². The Morgan fingerprint density at radius 3 is 2.28 bits per heavy atom. The first-order valence-electron chi connectivity index (χ1n) is 5.60. The van der Waals surface area contributed by atoms with Crippen molar-refractivity contribution >= 4 is 52.2 Å². The van der Waals surface area contributed by atoms with Crippen LogP contribution in [-0.4, -0.2) is 18.9 Å². The van der Waals surface area contributed by atoms with Gasteiger partial charge in [0, 0.05) is 5.92 Å². The largest absolute Gasteiger partial charge is 0.317 e. The first-order chi connectivity index (χ1) is 8.52. The summed E-state index contributed by atoms with van der Waals surface area (Å²) < 4.78 is 0. The Kier molecular flexibility index (Phi) is 4.79. The highest BCUT2D eigenvalue weighted by molar-refractivity contribution is 6.51. The molecule has 0 aromatic heterocycles. The molecule has 1 aliphatic rings. The van der Waals surface area contributed by atoms with Gasteiger partial charge in [0.05, 0.1) is 25.7 Å². The van der Waals surface area contributed by atoms with Gasteiger partial charge in [0.1, 0.15) is 0 Å². The maximum absolute atomic E-state index is 12.4. The molecule has 2 nitrogen and oxygen atoms in total. The number of hydrogen-bond acceptors (Lipinski definition) is 2. The number of ketones is 1. The van der Waals surface area contributed by atoms with E-state index in [1.165, 1.54) is 6.07 Å². The average Bonchev–Trinajstić information content (AvgIpc) is 2.37. The maximum Gasteiger partial charge on any atom is 0.169 e. The fraction of sp³-hybridized carbons (Fsp3) is 0.417. The van der Waals surface area contributed by atoms with Crippen LogP contribution in [0.5, 0.6) is 0 Å². The minimum absolute atomic E-state index is 0.0509. The Labute approximate surface area is 126 Å². The molecule has 1 N–H and O–H groups in total. The highest BCUT2D eigenvalue weighted by atomic mass is 35.5. The smallest absolute Gasteiger partial charge is 0.169 e. The van der Waals surface area contributed by atoms with Gasteiger partial charge in [0.25, 0.3) is 0 Å². The topological polar surface area (TPSA) is 29.1 Å². The van der Waals surface area contributed by atoms with Gasteiger partial charge in [-0.25, -0.2) is 0 Å². The molecule has 0 atom stereocenters. The normalized spacial score (nSPS) is 16.9. The van der Waals surface area contributed by atoms with Crippen LogP contribution in [0.15, 0.2) is 6.07 Å². The zero-order valence-electron chi connectivity index (χ0n) is 9.40. The van der Waals surface area contributed by atoms with Gasteiger partial charge in [-0.3, -0.25) is 4.79 Å². The Balaban J connectivity index is 2.38. The first-order valence-corrected chi connectivity index (χ1v) is 7.11. The molecule has 98 valence electrons. The zero-order chi connectivity index (χ0) is 13.3. The molecule has 0 amide bonds. The second kappa shape index (κ2) is 5.98. The van der Waals surface area contributed by atoms with E-state index in [4.69, 9.17) is 46.4 Å². The van der Waals surface area contributed by atoms with Crippen LogP contribution in [0.4, 0.5) is 0 Å². The van der Waals surface area contributed by atoms with E-state index in [2.05, 4.69) is 5.32 Å². The molecule has 1 aliphatic heterocycles. The van der Waals surface area contributed by atoms with E-state index in [0.29, 0.717) is 5.56 Å². The van der Waals surface area contributed by atoms with Crippen LogP contribution < -0.4 is 5.32 Å². The summed E-state index contributed by atoms with van der Waals surface area (Å²) in [7, 11) is 0. The fourth-order valence-electron chi connectivity index (χ4n) is 2.08. The molecule has 0 radical (unpaired) electrons. The van der Waals surface area contributed by atoms with Crippen molar-refractivity contribution in [3.05, 3.63) is 31.7 Å². The number of nitrogens with one attached hydrogen (secondary N) is 1. The minimum atomic E-state index is -0.0570. The maximum atomic E-state index is 12.4. The van der Waals surface area contributed by atoms with Crippen LogP contribution in [0.1, 0.15) is 23.2 Å². The molecule has 18 heavy (non-hydrogen) atoms. The monoisotopic (exact) mass is 325 g/mol. The molecule has 0 bridgehead atoms. The lowest BCUT2D eigenvalue weighted by atomic mass is 9.89. The number of rotatable bonds is 2. The number of carbonyl (C=O) groups excluding carboxylic acids is 1. The van der Waals surface area contributed by atoms with Crippen LogP contribution in [0.2, 0.25) is 20.1 Å². The number of halogens is 4. The number of carbonyl (C=O) groups is 1. The Morgan fingerprint density at radius 2 is 1.67 bits per heavy atom. The molecule has 1 fully saturated rings. The molecule has 1 heterocycles. The predicted molar refractivity (Wildman–Crippen MR) is 76.4 cm³/mol. The van der Waals surface area contributed by atoms with Gasteiger partial charge in [-0.05, 0) is 32.0 Å². The third-order valence-electron chi connectivity index (χ3n) is 3.07. The summed E-state index contributed by atoms with van der Waals surface area (Å²) in [5, 5.41) is 4.06. The van der Waals surface area contributed by atoms with E-state index in [9.17, 15) is 4.79 Å². The van der Waals surface area contributed by atoms with Crippen LogP contribution >= 0.6 is 46.4 Å². The Morgan fingerprint density at radius 1 is 1.06 bits per heavy atom. The van der Waals surface area contributed by atoms with Gasteiger partial charge in [0.15, 0.2) is 5.78 Å². The molecular formula is C12H11Cl4NO. The van der Waals surface area contributed by atoms with E-state index >= 15 is 0 Å². The van der Waals surface area contributed by atoms with Crippen LogP contribution in [0, 0.1) is 5.92 Å². The van der Waals surface area contributed by atoms with Crippen LogP contribution in [-0.2, 0) is 0 Å². The third kappa shape index (κ3) is 2.78. The SMILES string of the molecule is O=C(c1c(Cl)cc(Cl)c(Cl)c1Cl)C1CCNCC1. The lowest BCUT2D eigenvalue weighted by Gasteiger charge is -2.22. The van der Waals surface area contributed by atoms with E-state index in [-0.39, 0.29) is 31.8 Å². The van der Waals surface area contributed by atoms with Crippen LogP contribution in [0.25, 0.3) is 0 Å². The van der Waals surface area contributed by atoms with E-state index in [1.54, 1.807) is 0 Å². The second-order valence-corrected chi connectivity index (χ2v) is 5.80. The predicted octanol–water partition coefficient (Wildman–Crippen LogP) is 4.48. The van der Waals surface area contributed by atoms with Gasteiger partial charge in [-0.15, -0.1) is 0 Å². The van der Waals surface area contributed by atoms with E-state index in [1.807, 2.05) is 0 Å². The fourth-order valence-corrected chi connectivity index (χ4v) is 3.18. The minimum Gasteiger partial charge on any atom is -0.317 e. The number of hydrogen-bond donors (Lipinski definition) is 1. The molecule has 0 unspecified atom stereocenters. The van der Waals surface area contributed by atoms with Gasteiger partial charge in [-0.2, -0.15) is 0 Å². The summed E-state index contributed by atoms with van der Waals surface area (Å²) in [5.41, 5.74) is 0.291. The van der Waals surface area contributed by atoms with Crippen molar-refractivity contribution < 1.29 is 4.79 Å². The molecule has 1 aromatic carbocycles. The van der Waals surface area contributed by atoms with Crippen LogP contribution in [0.3, 0.4) is 0 Å². The first kappa shape index (κ1) is 14.4. The number of benzene rings is 1. The highest BCUT2D eigenvalue weighted by Gasteiger charge is 2.27. The summed E-state index contributed by atoms with van der Waals surface area (Å²) >= 11 is 23.9. The third-order valence-corrected chi connectivity index (χ3v) is 4.63. The Hall–Kier alpha value is 0.01000. The van der Waals surface area contributed by atoms with Gasteiger partial charge in [0.2, 0.25) is 0 Å². The summed E-state index contributed by atoms with van der Waals surface area (Å²) in [6.45, 7) is 1.65. The lowest BCUT2D eigenvalue weighted by molar-refractivity contribution is 0.0895. The molecule has 0 saturated carbocycles. The number of Topliss-reactive ketones (excluding diaryl/α,β-unsaturated/α-hetero) is 1. The second-order valence-electron chi connectivity index (χ2n) is 4.23. The molecule has 0 spiro atoms. The summed E-state index contributed by atoms with van der Waals surface area (Å²) in [5.74, 6) is -0.108. The summed E-state index contributed by atoms with van der Waals surface area (Å²) in [6, 6.07) is 1.46. The average molecular weight is 327 g/mol. The molecular weight excluding hydrogens is 316 g/mol. The molecule has 6 heteroatoms.